The van der Waals surface area contributed by atoms with E-state index < -0.39 is 0 Å². The van der Waals surface area contributed by atoms with Crippen LogP contribution in [0, 0.1) is 6.92 Å². The summed E-state index contributed by atoms with van der Waals surface area (Å²) < 4.78 is 1.17. The molecular formula is C18H14Cl2OS2. The first kappa shape index (κ1) is 16.8. The lowest BCUT2D eigenvalue weighted by Crippen LogP contribution is -1.95. The first-order valence-electron chi connectivity index (χ1n) is 7.08. The maximum Gasteiger partial charge on any atom is 0.138 e. The molecule has 1 unspecified atom stereocenters. The molecule has 1 atom stereocenters. The SMILES string of the molecule is Cc1c(C(C=O)SCc2ccc(Cl)cc2)sc2ccc(Cl)cc12. The van der Waals surface area contributed by atoms with E-state index in [2.05, 4.69) is 6.92 Å². The first-order valence-corrected chi connectivity index (χ1v) is 9.70. The minimum Gasteiger partial charge on any atom is -0.302 e. The smallest absolute Gasteiger partial charge is 0.138 e. The minimum atomic E-state index is -0.165. The van der Waals surface area contributed by atoms with E-state index in [0.29, 0.717) is 0 Å². The number of hydrogen-bond donors (Lipinski definition) is 0. The third-order valence-corrected chi connectivity index (χ3v) is 6.86. The average molecular weight is 381 g/mol. The quantitative estimate of drug-likeness (QED) is 0.458. The van der Waals surface area contributed by atoms with Gasteiger partial charge in [-0.15, -0.1) is 23.1 Å². The Morgan fingerprint density at radius 2 is 1.83 bits per heavy atom. The summed E-state index contributed by atoms with van der Waals surface area (Å²) in [5, 5.41) is 2.42. The molecule has 0 spiro atoms. The van der Waals surface area contributed by atoms with Crippen LogP contribution in [0.4, 0.5) is 0 Å². The summed E-state index contributed by atoms with van der Waals surface area (Å²) in [6, 6.07) is 13.6. The summed E-state index contributed by atoms with van der Waals surface area (Å²) in [5.41, 5.74) is 2.31. The second-order valence-corrected chi connectivity index (χ2v) is 8.31. The predicted molar refractivity (Wildman–Crippen MR) is 103 cm³/mol. The standard InChI is InChI=1S/C18H14Cl2OS2/c1-11-15-8-14(20)6-7-16(15)23-18(11)17(9-21)22-10-12-2-4-13(19)5-3-12/h2-9,17H,10H2,1H3. The molecule has 1 heterocycles. The van der Waals surface area contributed by atoms with Crippen molar-refractivity contribution in [2.24, 2.45) is 0 Å². The molecule has 2 aromatic carbocycles. The lowest BCUT2D eigenvalue weighted by atomic mass is 10.1. The van der Waals surface area contributed by atoms with Crippen LogP contribution in [-0.4, -0.2) is 6.29 Å². The molecule has 23 heavy (non-hydrogen) atoms. The molecule has 0 aliphatic carbocycles. The molecule has 0 fully saturated rings. The summed E-state index contributed by atoms with van der Waals surface area (Å²) in [6.07, 6.45) is 1.03. The van der Waals surface area contributed by atoms with E-state index in [-0.39, 0.29) is 5.25 Å². The number of halogens is 2. The molecule has 0 aliphatic rings. The van der Waals surface area contributed by atoms with Gasteiger partial charge in [0.15, 0.2) is 0 Å². The van der Waals surface area contributed by atoms with Gasteiger partial charge in [0.1, 0.15) is 6.29 Å². The van der Waals surface area contributed by atoms with Crippen LogP contribution < -0.4 is 0 Å². The average Bonchev–Trinajstić information content (AvgIpc) is 2.87. The molecule has 1 nitrogen and oxygen atoms in total. The van der Waals surface area contributed by atoms with Crippen LogP contribution in [0.1, 0.15) is 21.3 Å². The van der Waals surface area contributed by atoms with Crippen LogP contribution in [-0.2, 0) is 10.5 Å². The number of aryl methyl sites for hydroxylation is 1. The van der Waals surface area contributed by atoms with Gasteiger partial charge in [-0.25, -0.2) is 0 Å². The van der Waals surface area contributed by atoms with Gasteiger partial charge in [0.2, 0.25) is 0 Å². The Morgan fingerprint density at radius 3 is 2.52 bits per heavy atom. The van der Waals surface area contributed by atoms with E-state index >= 15 is 0 Å². The monoisotopic (exact) mass is 380 g/mol. The predicted octanol–water partition coefficient (Wildman–Crippen LogP) is 6.69. The Morgan fingerprint density at radius 1 is 1.13 bits per heavy atom. The van der Waals surface area contributed by atoms with E-state index in [9.17, 15) is 4.79 Å². The van der Waals surface area contributed by atoms with Gasteiger partial charge < -0.3 is 4.79 Å². The molecule has 3 rings (SSSR count). The third kappa shape index (κ3) is 3.74. The molecule has 0 radical (unpaired) electrons. The van der Waals surface area contributed by atoms with E-state index in [1.54, 1.807) is 23.1 Å². The summed E-state index contributed by atoms with van der Waals surface area (Å²) in [7, 11) is 0. The van der Waals surface area contributed by atoms with Crippen molar-refractivity contribution in [1.82, 2.24) is 0 Å². The van der Waals surface area contributed by atoms with Crippen LogP contribution in [0.2, 0.25) is 10.0 Å². The molecule has 3 aromatic rings. The number of carbonyl (C=O) groups excluding carboxylic acids is 1. The maximum absolute atomic E-state index is 11.6. The van der Waals surface area contributed by atoms with Crippen molar-refractivity contribution < 1.29 is 4.79 Å². The fourth-order valence-corrected chi connectivity index (χ4v) is 5.17. The number of rotatable bonds is 5. The number of aldehydes is 1. The highest BCUT2D eigenvalue weighted by molar-refractivity contribution is 7.99. The largest absolute Gasteiger partial charge is 0.302 e. The molecular weight excluding hydrogens is 367 g/mol. The molecule has 5 heteroatoms. The fourth-order valence-electron chi connectivity index (χ4n) is 2.43. The highest BCUT2D eigenvalue weighted by atomic mass is 35.5. The zero-order valence-electron chi connectivity index (χ0n) is 12.4. The normalized spacial score (nSPS) is 12.5. The molecule has 0 saturated heterocycles. The second kappa shape index (κ2) is 7.27. The number of carbonyl (C=O) groups is 1. The molecule has 118 valence electrons. The molecule has 0 amide bonds. The van der Waals surface area contributed by atoms with E-state index in [1.165, 1.54) is 4.70 Å². The zero-order valence-corrected chi connectivity index (χ0v) is 15.5. The number of hydrogen-bond acceptors (Lipinski definition) is 3. The molecule has 0 aliphatic heterocycles. The highest BCUT2D eigenvalue weighted by Crippen LogP contribution is 2.41. The van der Waals surface area contributed by atoms with Crippen LogP contribution in [0.3, 0.4) is 0 Å². The van der Waals surface area contributed by atoms with Crippen LogP contribution >= 0.6 is 46.3 Å². The van der Waals surface area contributed by atoms with Crippen molar-refractivity contribution in [2.75, 3.05) is 0 Å². The Labute approximate surface area is 153 Å². The van der Waals surface area contributed by atoms with E-state index in [1.807, 2.05) is 42.5 Å². The van der Waals surface area contributed by atoms with Crippen molar-refractivity contribution in [1.29, 1.82) is 0 Å². The second-order valence-electron chi connectivity index (χ2n) is 5.23. The van der Waals surface area contributed by atoms with Gasteiger partial charge in [-0.3, -0.25) is 0 Å². The summed E-state index contributed by atoms with van der Waals surface area (Å²) >= 11 is 15.3. The fraction of sp³-hybridized carbons (Fsp3) is 0.167. The van der Waals surface area contributed by atoms with E-state index in [4.69, 9.17) is 23.2 Å². The van der Waals surface area contributed by atoms with E-state index in [0.717, 1.165) is 43.5 Å². The lowest BCUT2D eigenvalue weighted by molar-refractivity contribution is -0.107. The number of thiophene rings is 1. The third-order valence-electron chi connectivity index (χ3n) is 3.66. The molecule has 0 saturated carbocycles. The van der Waals surface area contributed by atoms with Crippen molar-refractivity contribution in [2.45, 2.75) is 17.9 Å². The van der Waals surface area contributed by atoms with Gasteiger partial charge in [0, 0.05) is 25.4 Å². The van der Waals surface area contributed by atoms with Crippen LogP contribution in [0.25, 0.3) is 10.1 Å². The zero-order chi connectivity index (χ0) is 16.4. The van der Waals surface area contributed by atoms with Crippen molar-refractivity contribution in [3.63, 3.8) is 0 Å². The summed E-state index contributed by atoms with van der Waals surface area (Å²) in [4.78, 5) is 12.7. The topological polar surface area (TPSA) is 17.1 Å². The number of fused-ring (bicyclic) bond motifs is 1. The van der Waals surface area contributed by atoms with Gasteiger partial charge in [-0.05, 0) is 53.8 Å². The van der Waals surface area contributed by atoms with Crippen LogP contribution in [0.5, 0.6) is 0 Å². The molecule has 0 bridgehead atoms. The highest BCUT2D eigenvalue weighted by Gasteiger charge is 2.18. The Kier molecular flexibility index (Phi) is 5.32. The number of thioether (sulfide) groups is 1. The maximum atomic E-state index is 11.6. The Bertz CT molecular complexity index is 840. The van der Waals surface area contributed by atoms with Crippen molar-refractivity contribution in [3.8, 4) is 0 Å². The van der Waals surface area contributed by atoms with Crippen molar-refractivity contribution >= 4 is 62.7 Å². The van der Waals surface area contributed by atoms with Gasteiger partial charge in [0.05, 0.1) is 5.25 Å². The number of benzene rings is 2. The Hall–Kier alpha value is -1.00. The Balaban J connectivity index is 1.84. The lowest BCUT2D eigenvalue weighted by Gasteiger charge is -2.10. The van der Waals surface area contributed by atoms with Crippen molar-refractivity contribution in [3.05, 3.63) is 68.5 Å². The molecule has 1 aromatic heterocycles. The van der Waals surface area contributed by atoms with Gasteiger partial charge in [-0.1, -0.05) is 35.3 Å². The first-order chi connectivity index (χ1) is 11.1. The summed E-state index contributed by atoms with van der Waals surface area (Å²) in [5.74, 6) is 0.773. The van der Waals surface area contributed by atoms with Gasteiger partial charge in [0.25, 0.3) is 0 Å². The minimum absolute atomic E-state index is 0.165. The molecule has 0 N–H and O–H groups in total. The van der Waals surface area contributed by atoms with Gasteiger partial charge in [-0.2, -0.15) is 0 Å². The van der Waals surface area contributed by atoms with Crippen LogP contribution in [0.15, 0.2) is 42.5 Å². The summed E-state index contributed by atoms with van der Waals surface area (Å²) in [6.45, 7) is 2.06. The van der Waals surface area contributed by atoms with Gasteiger partial charge >= 0.3 is 0 Å².